The maximum absolute atomic E-state index is 12.5. The molecule has 0 aromatic heterocycles. The lowest BCUT2D eigenvalue weighted by molar-refractivity contribution is -0.129. The van der Waals surface area contributed by atoms with Crippen molar-refractivity contribution < 1.29 is 9.59 Å². The third-order valence-electron chi connectivity index (χ3n) is 4.14. The van der Waals surface area contributed by atoms with Gasteiger partial charge in [-0.1, -0.05) is 13.8 Å². The fourth-order valence-electron chi connectivity index (χ4n) is 2.97. The standard InChI is InChI=1S/C16H32N4O2/c1-12(2)9-16(3,11-17)18-15(22)13-8-14(21)20(10-13)7-6-19(4)5/h12-13H,6-11,17H2,1-5H3,(H,18,22). The van der Waals surface area contributed by atoms with E-state index in [0.717, 1.165) is 13.0 Å². The molecule has 22 heavy (non-hydrogen) atoms. The third kappa shape index (κ3) is 5.57. The molecule has 1 fully saturated rings. The number of nitrogens with two attached hydrogens (primary N) is 1. The van der Waals surface area contributed by atoms with Crippen molar-refractivity contribution in [2.45, 2.75) is 39.2 Å². The fraction of sp³-hybridized carbons (Fsp3) is 0.875. The summed E-state index contributed by atoms with van der Waals surface area (Å²) in [5, 5.41) is 3.07. The zero-order chi connectivity index (χ0) is 16.9. The van der Waals surface area contributed by atoms with Crippen molar-refractivity contribution in [3.05, 3.63) is 0 Å². The molecule has 0 aromatic rings. The van der Waals surface area contributed by atoms with Gasteiger partial charge in [0.1, 0.15) is 0 Å². The van der Waals surface area contributed by atoms with E-state index in [4.69, 9.17) is 5.73 Å². The molecule has 0 bridgehead atoms. The summed E-state index contributed by atoms with van der Waals surface area (Å²) in [6.45, 7) is 8.61. The Morgan fingerprint density at radius 2 is 2.14 bits per heavy atom. The van der Waals surface area contributed by atoms with Crippen LogP contribution in [-0.2, 0) is 9.59 Å². The minimum Gasteiger partial charge on any atom is -0.349 e. The van der Waals surface area contributed by atoms with E-state index in [0.29, 0.717) is 32.0 Å². The zero-order valence-corrected chi connectivity index (χ0v) is 14.7. The van der Waals surface area contributed by atoms with Crippen molar-refractivity contribution >= 4 is 11.8 Å². The van der Waals surface area contributed by atoms with Gasteiger partial charge in [-0.15, -0.1) is 0 Å². The van der Waals surface area contributed by atoms with Gasteiger partial charge in [0.2, 0.25) is 11.8 Å². The predicted octanol–water partition coefficient (Wildman–Crippen LogP) is 0.276. The molecule has 0 aromatic carbocycles. The Balaban J connectivity index is 2.57. The normalized spacial score (nSPS) is 21.5. The van der Waals surface area contributed by atoms with Crippen LogP contribution in [0.25, 0.3) is 0 Å². The van der Waals surface area contributed by atoms with E-state index in [9.17, 15) is 9.59 Å². The van der Waals surface area contributed by atoms with Gasteiger partial charge in [0.25, 0.3) is 0 Å². The summed E-state index contributed by atoms with van der Waals surface area (Å²) >= 11 is 0. The Morgan fingerprint density at radius 1 is 1.50 bits per heavy atom. The molecule has 0 saturated carbocycles. The van der Waals surface area contributed by atoms with Gasteiger partial charge in [0.15, 0.2) is 0 Å². The number of hydrogen-bond donors (Lipinski definition) is 2. The highest BCUT2D eigenvalue weighted by atomic mass is 16.2. The second-order valence-electron chi connectivity index (χ2n) is 7.40. The van der Waals surface area contributed by atoms with Gasteiger partial charge < -0.3 is 20.9 Å². The lowest BCUT2D eigenvalue weighted by Crippen LogP contribution is -2.54. The van der Waals surface area contributed by atoms with Crippen LogP contribution in [0.3, 0.4) is 0 Å². The first-order valence-corrected chi connectivity index (χ1v) is 8.11. The minimum atomic E-state index is -0.397. The summed E-state index contributed by atoms with van der Waals surface area (Å²) in [6.07, 6.45) is 1.14. The average molecular weight is 312 g/mol. The summed E-state index contributed by atoms with van der Waals surface area (Å²) in [4.78, 5) is 28.3. The molecule has 128 valence electrons. The Kier molecular flexibility index (Phi) is 6.81. The van der Waals surface area contributed by atoms with Crippen molar-refractivity contribution in [1.29, 1.82) is 0 Å². The summed E-state index contributed by atoms with van der Waals surface area (Å²) in [5.41, 5.74) is 5.44. The smallest absolute Gasteiger partial charge is 0.225 e. The number of rotatable bonds is 8. The minimum absolute atomic E-state index is 0.0469. The number of likely N-dealkylation sites (N-methyl/N-ethyl adjacent to an activating group) is 1. The van der Waals surface area contributed by atoms with Crippen molar-refractivity contribution in [3.8, 4) is 0 Å². The Labute approximate surface area is 134 Å². The highest BCUT2D eigenvalue weighted by molar-refractivity contribution is 5.89. The van der Waals surface area contributed by atoms with Crippen molar-refractivity contribution in [2.75, 3.05) is 40.3 Å². The molecule has 2 unspecified atom stereocenters. The van der Waals surface area contributed by atoms with Gasteiger partial charge in [0, 0.05) is 38.1 Å². The van der Waals surface area contributed by atoms with Crippen LogP contribution in [0.2, 0.25) is 0 Å². The van der Waals surface area contributed by atoms with E-state index in [1.807, 2.05) is 25.9 Å². The van der Waals surface area contributed by atoms with Gasteiger partial charge in [0.05, 0.1) is 5.92 Å². The molecule has 1 rings (SSSR count). The molecule has 6 heteroatoms. The molecule has 1 aliphatic heterocycles. The lowest BCUT2D eigenvalue weighted by Gasteiger charge is -2.32. The first kappa shape index (κ1) is 18.9. The van der Waals surface area contributed by atoms with Crippen LogP contribution < -0.4 is 11.1 Å². The third-order valence-corrected chi connectivity index (χ3v) is 4.14. The molecule has 1 saturated heterocycles. The Morgan fingerprint density at radius 3 is 2.64 bits per heavy atom. The summed E-state index contributed by atoms with van der Waals surface area (Å²) < 4.78 is 0. The molecule has 0 spiro atoms. The number of nitrogens with one attached hydrogen (secondary N) is 1. The van der Waals surface area contributed by atoms with Crippen molar-refractivity contribution in [3.63, 3.8) is 0 Å². The van der Waals surface area contributed by atoms with E-state index in [-0.39, 0.29) is 17.7 Å². The molecule has 1 aliphatic rings. The van der Waals surface area contributed by atoms with E-state index in [1.165, 1.54) is 0 Å². The van der Waals surface area contributed by atoms with E-state index < -0.39 is 5.54 Å². The predicted molar refractivity (Wildman–Crippen MR) is 88.3 cm³/mol. The SMILES string of the molecule is CC(C)CC(C)(CN)NC(=O)C1CC(=O)N(CCN(C)C)C1. The number of hydrogen-bond acceptors (Lipinski definition) is 4. The monoisotopic (exact) mass is 312 g/mol. The maximum atomic E-state index is 12.5. The van der Waals surface area contributed by atoms with Crippen LogP contribution in [0, 0.1) is 11.8 Å². The molecule has 3 N–H and O–H groups in total. The van der Waals surface area contributed by atoms with Gasteiger partial charge >= 0.3 is 0 Å². The molecule has 0 aliphatic carbocycles. The first-order chi connectivity index (χ1) is 10.2. The largest absolute Gasteiger partial charge is 0.349 e. The highest BCUT2D eigenvalue weighted by Gasteiger charge is 2.36. The van der Waals surface area contributed by atoms with Gasteiger partial charge in [-0.25, -0.2) is 0 Å². The molecule has 2 atom stereocenters. The summed E-state index contributed by atoms with van der Waals surface area (Å²) in [6, 6.07) is 0. The van der Waals surface area contributed by atoms with Gasteiger partial charge in [-0.2, -0.15) is 0 Å². The van der Waals surface area contributed by atoms with Crippen LogP contribution in [0.15, 0.2) is 0 Å². The average Bonchev–Trinajstić information content (AvgIpc) is 2.77. The number of nitrogens with zero attached hydrogens (tertiary/aromatic N) is 2. The van der Waals surface area contributed by atoms with Crippen molar-refractivity contribution in [1.82, 2.24) is 15.1 Å². The van der Waals surface area contributed by atoms with E-state index in [2.05, 4.69) is 19.2 Å². The number of amides is 2. The summed E-state index contributed by atoms with van der Waals surface area (Å²) in [5.74, 6) is 0.220. The zero-order valence-electron chi connectivity index (χ0n) is 14.7. The van der Waals surface area contributed by atoms with Crippen LogP contribution in [0.5, 0.6) is 0 Å². The first-order valence-electron chi connectivity index (χ1n) is 8.11. The van der Waals surface area contributed by atoms with Gasteiger partial charge in [-0.3, -0.25) is 9.59 Å². The highest BCUT2D eigenvalue weighted by Crippen LogP contribution is 2.21. The van der Waals surface area contributed by atoms with E-state index in [1.54, 1.807) is 4.90 Å². The van der Waals surface area contributed by atoms with Crippen LogP contribution in [0.1, 0.15) is 33.6 Å². The van der Waals surface area contributed by atoms with Crippen LogP contribution >= 0.6 is 0 Å². The Hall–Kier alpha value is -1.14. The van der Waals surface area contributed by atoms with E-state index >= 15 is 0 Å². The molecular formula is C16H32N4O2. The molecular weight excluding hydrogens is 280 g/mol. The molecule has 0 radical (unpaired) electrons. The second-order valence-corrected chi connectivity index (χ2v) is 7.40. The fourth-order valence-corrected chi connectivity index (χ4v) is 2.97. The molecule has 1 heterocycles. The number of carbonyl (C=O) groups is 2. The molecule has 2 amide bonds. The second kappa shape index (κ2) is 7.92. The number of carbonyl (C=O) groups excluding carboxylic acids is 2. The van der Waals surface area contributed by atoms with Crippen molar-refractivity contribution in [2.24, 2.45) is 17.6 Å². The quantitative estimate of drug-likeness (QED) is 0.675. The Bertz CT molecular complexity index is 398. The van der Waals surface area contributed by atoms with Gasteiger partial charge in [-0.05, 0) is 33.4 Å². The van der Waals surface area contributed by atoms with Crippen LogP contribution in [0.4, 0.5) is 0 Å². The lowest BCUT2D eigenvalue weighted by atomic mass is 9.90. The summed E-state index contributed by atoms with van der Waals surface area (Å²) in [7, 11) is 3.95. The topological polar surface area (TPSA) is 78.7 Å². The number of likely N-dealkylation sites (tertiary alicyclic amines) is 1. The maximum Gasteiger partial charge on any atom is 0.225 e. The van der Waals surface area contributed by atoms with Crippen LogP contribution in [-0.4, -0.2) is 67.4 Å². The molecule has 6 nitrogen and oxygen atoms in total.